The van der Waals surface area contributed by atoms with Gasteiger partial charge in [0.2, 0.25) is 0 Å². The molecule has 2 heterocycles. The van der Waals surface area contributed by atoms with Crippen molar-refractivity contribution in [2.75, 3.05) is 19.0 Å². The zero-order valence-corrected chi connectivity index (χ0v) is 14.2. The van der Waals surface area contributed by atoms with Crippen LogP contribution in [0.2, 0.25) is 0 Å². The van der Waals surface area contributed by atoms with E-state index < -0.39 is 12.1 Å². The summed E-state index contributed by atoms with van der Waals surface area (Å²) in [4.78, 5) is 25.3. The second-order valence-corrected chi connectivity index (χ2v) is 6.74. The molecule has 1 atom stereocenters. The van der Waals surface area contributed by atoms with Crippen LogP contribution in [0.15, 0.2) is 36.4 Å². The Morgan fingerprint density at radius 2 is 2.12 bits per heavy atom. The first-order chi connectivity index (χ1) is 11.7. The van der Waals surface area contributed by atoms with Crippen LogP contribution >= 0.6 is 11.3 Å². The normalized spacial score (nSPS) is 16.8. The van der Waals surface area contributed by atoms with E-state index in [0.29, 0.717) is 30.0 Å². The maximum Gasteiger partial charge on any atom is 0.340 e. The molecule has 0 radical (unpaired) electrons. The Morgan fingerprint density at radius 3 is 2.79 bits per heavy atom. The van der Waals surface area contributed by atoms with E-state index in [-0.39, 0.29) is 5.91 Å². The van der Waals surface area contributed by atoms with Crippen LogP contribution in [0.5, 0.6) is 0 Å². The van der Waals surface area contributed by atoms with Crippen molar-refractivity contribution in [1.29, 1.82) is 0 Å². The molecule has 2 aromatic rings. The number of benzene rings is 1. The predicted octanol–water partition coefficient (Wildman–Crippen LogP) is 3.24. The predicted molar refractivity (Wildman–Crippen MR) is 92.5 cm³/mol. The lowest BCUT2D eigenvalue weighted by Gasteiger charge is -2.10. The Labute approximate surface area is 144 Å². The van der Waals surface area contributed by atoms with E-state index in [4.69, 9.17) is 9.47 Å². The molecule has 24 heavy (non-hydrogen) atoms. The lowest BCUT2D eigenvalue weighted by molar-refractivity contribution is -0.124. The molecule has 1 fully saturated rings. The molecule has 1 aromatic heterocycles. The van der Waals surface area contributed by atoms with Crippen molar-refractivity contribution in [2.24, 2.45) is 0 Å². The third kappa shape index (κ3) is 3.83. The number of esters is 1. The average molecular weight is 345 g/mol. The van der Waals surface area contributed by atoms with Crippen LogP contribution in [0.1, 0.15) is 33.6 Å². The molecule has 0 saturated carbocycles. The first-order valence-corrected chi connectivity index (χ1v) is 8.66. The van der Waals surface area contributed by atoms with Crippen molar-refractivity contribution in [3.05, 3.63) is 52.4 Å². The lowest BCUT2D eigenvalue weighted by atomic mass is 10.1. The lowest BCUT2D eigenvalue weighted by Crippen LogP contribution is -2.27. The summed E-state index contributed by atoms with van der Waals surface area (Å²) in [5, 5.41) is 3.35. The van der Waals surface area contributed by atoms with Gasteiger partial charge in [0.15, 0.2) is 0 Å². The molecule has 1 aliphatic heterocycles. The van der Waals surface area contributed by atoms with Gasteiger partial charge in [-0.3, -0.25) is 4.79 Å². The van der Waals surface area contributed by atoms with Gasteiger partial charge in [-0.25, -0.2) is 4.79 Å². The largest absolute Gasteiger partial charge is 0.465 e. The zero-order chi connectivity index (χ0) is 16.9. The number of ether oxygens (including phenoxy) is 2. The van der Waals surface area contributed by atoms with Gasteiger partial charge in [0.1, 0.15) is 11.1 Å². The van der Waals surface area contributed by atoms with E-state index in [1.165, 1.54) is 18.4 Å². The standard InChI is InChI=1S/C18H19NO4S/c1-22-18(21)14-11-13(10-12-6-3-2-4-7-12)24-17(14)19-16(20)15-8-5-9-23-15/h2-4,6-7,11,15H,5,8-10H2,1H3,(H,19,20). The number of methoxy groups -OCH3 is 1. The van der Waals surface area contributed by atoms with Crippen LogP contribution < -0.4 is 5.32 Å². The summed E-state index contributed by atoms with van der Waals surface area (Å²) in [5.74, 6) is -0.654. The van der Waals surface area contributed by atoms with Gasteiger partial charge in [-0.1, -0.05) is 30.3 Å². The highest BCUT2D eigenvalue weighted by molar-refractivity contribution is 7.16. The van der Waals surface area contributed by atoms with Crippen molar-refractivity contribution < 1.29 is 19.1 Å². The first kappa shape index (κ1) is 16.7. The van der Waals surface area contributed by atoms with Gasteiger partial charge >= 0.3 is 5.97 Å². The third-order valence-electron chi connectivity index (χ3n) is 3.87. The summed E-state index contributed by atoms with van der Waals surface area (Å²) in [6.07, 6.45) is 1.86. The van der Waals surface area contributed by atoms with Gasteiger partial charge in [0, 0.05) is 17.9 Å². The minimum absolute atomic E-state index is 0.203. The smallest absolute Gasteiger partial charge is 0.340 e. The number of carbonyl (C=O) groups excluding carboxylic acids is 2. The van der Waals surface area contributed by atoms with Crippen LogP contribution in [0.4, 0.5) is 5.00 Å². The van der Waals surface area contributed by atoms with Gasteiger partial charge in [-0.15, -0.1) is 11.3 Å². The van der Waals surface area contributed by atoms with Crippen molar-refractivity contribution in [1.82, 2.24) is 0 Å². The zero-order valence-electron chi connectivity index (χ0n) is 13.4. The summed E-state index contributed by atoms with van der Waals surface area (Å²) in [6.45, 7) is 0.603. The first-order valence-electron chi connectivity index (χ1n) is 7.85. The molecule has 1 N–H and O–H groups in total. The van der Waals surface area contributed by atoms with E-state index in [9.17, 15) is 9.59 Å². The van der Waals surface area contributed by atoms with E-state index in [1.54, 1.807) is 6.07 Å². The fourth-order valence-corrected chi connectivity index (χ4v) is 3.74. The van der Waals surface area contributed by atoms with Crippen LogP contribution in [-0.4, -0.2) is 31.7 Å². The number of anilines is 1. The molecule has 1 amide bonds. The fraction of sp³-hybridized carbons (Fsp3) is 0.333. The molecule has 3 rings (SSSR count). The number of nitrogens with one attached hydrogen (secondary N) is 1. The molecule has 1 saturated heterocycles. The molecule has 0 aliphatic carbocycles. The summed E-state index contributed by atoms with van der Waals surface area (Å²) < 4.78 is 10.2. The Kier molecular flexibility index (Phi) is 5.27. The minimum atomic E-state index is -0.451. The molecule has 0 bridgehead atoms. The number of hydrogen-bond acceptors (Lipinski definition) is 5. The highest BCUT2D eigenvalue weighted by atomic mass is 32.1. The van der Waals surface area contributed by atoms with E-state index in [0.717, 1.165) is 16.9 Å². The van der Waals surface area contributed by atoms with E-state index in [2.05, 4.69) is 5.32 Å². The van der Waals surface area contributed by atoms with E-state index >= 15 is 0 Å². The molecule has 1 unspecified atom stereocenters. The molecule has 6 heteroatoms. The summed E-state index contributed by atoms with van der Waals surface area (Å²) in [6, 6.07) is 11.8. The number of rotatable bonds is 5. The van der Waals surface area contributed by atoms with Crippen LogP contribution in [-0.2, 0) is 20.7 Å². The summed E-state index contributed by atoms with van der Waals surface area (Å²) in [7, 11) is 1.34. The Hall–Kier alpha value is -2.18. The molecular formula is C18H19NO4S. The van der Waals surface area contributed by atoms with Gasteiger partial charge in [-0.2, -0.15) is 0 Å². The molecular weight excluding hydrogens is 326 g/mol. The monoisotopic (exact) mass is 345 g/mol. The van der Waals surface area contributed by atoms with Crippen LogP contribution in [0.3, 0.4) is 0 Å². The fourth-order valence-electron chi connectivity index (χ4n) is 2.66. The van der Waals surface area contributed by atoms with Gasteiger partial charge in [0.05, 0.1) is 12.7 Å². The highest BCUT2D eigenvalue weighted by Gasteiger charge is 2.26. The van der Waals surface area contributed by atoms with Gasteiger partial charge in [-0.05, 0) is 24.5 Å². The summed E-state index contributed by atoms with van der Waals surface area (Å²) in [5.41, 5.74) is 1.53. The van der Waals surface area contributed by atoms with Gasteiger partial charge < -0.3 is 14.8 Å². The number of carbonyl (C=O) groups is 2. The highest BCUT2D eigenvalue weighted by Crippen LogP contribution is 2.31. The Balaban J connectivity index is 1.80. The average Bonchev–Trinajstić information content (AvgIpc) is 3.25. The molecule has 126 valence electrons. The minimum Gasteiger partial charge on any atom is -0.465 e. The number of thiophene rings is 1. The van der Waals surface area contributed by atoms with Crippen molar-refractivity contribution in [2.45, 2.75) is 25.4 Å². The second-order valence-electron chi connectivity index (χ2n) is 5.60. The molecule has 1 aromatic carbocycles. The van der Waals surface area contributed by atoms with Gasteiger partial charge in [0.25, 0.3) is 5.91 Å². The number of hydrogen-bond donors (Lipinski definition) is 1. The van der Waals surface area contributed by atoms with Crippen LogP contribution in [0, 0.1) is 0 Å². The Bertz CT molecular complexity index is 720. The van der Waals surface area contributed by atoms with E-state index in [1.807, 2.05) is 30.3 Å². The maximum atomic E-state index is 12.3. The van der Waals surface area contributed by atoms with Crippen molar-refractivity contribution >= 4 is 28.2 Å². The Morgan fingerprint density at radius 1 is 1.33 bits per heavy atom. The molecule has 1 aliphatic rings. The van der Waals surface area contributed by atoms with Crippen molar-refractivity contribution in [3.63, 3.8) is 0 Å². The molecule has 5 nitrogen and oxygen atoms in total. The van der Waals surface area contributed by atoms with Crippen molar-refractivity contribution in [3.8, 4) is 0 Å². The summed E-state index contributed by atoms with van der Waals surface area (Å²) >= 11 is 1.40. The molecule has 0 spiro atoms. The SMILES string of the molecule is COC(=O)c1cc(Cc2ccccc2)sc1NC(=O)C1CCCO1. The van der Waals surface area contributed by atoms with Crippen LogP contribution in [0.25, 0.3) is 0 Å². The quantitative estimate of drug-likeness (QED) is 0.845. The second kappa shape index (κ2) is 7.59. The third-order valence-corrected chi connectivity index (χ3v) is 4.92. The topological polar surface area (TPSA) is 64.6 Å². The maximum absolute atomic E-state index is 12.3. The number of amides is 1.